The van der Waals surface area contributed by atoms with Gasteiger partial charge in [0.15, 0.2) is 0 Å². The zero-order valence-electron chi connectivity index (χ0n) is 13.9. The second-order valence-corrected chi connectivity index (χ2v) is 5.48. The molecular formula is C19H22N2O3. The summed E-state index contributed by atoms with van der Waals surface area (Å²) < 4.78 is 5.92. The monoisotopic (exact) mass is 326 g/mol. The van der Waals surface area contributed by atoms with Crippen LogP contribution in [0.3, 0.4) is 0 Å². The van der Waals surface area contributed by atoms with Gasteiger partial charge in [-0.25, -0.2) is 0 Å². The molecule has 2 aromatic rings. The van der Waals surface area contributed by atoms with E-state index in [2.05, 4.69) is 10.6 Å². The number of ether oxygens (including phenoxy) is 1. The maximum atomic E-state index is 12.0. The Morgan fingerprint density at radius 3 is 2.42 bits per heavy atom. The highest BCUT2D eigenvalue weighted by molar-refractivity contribution is 5.78. The fraction of sp³-hybridized carbons (Fsp3) is 0.263. The van der Waals surface area contributed by atoms with Crippen LogP contribution in [-0.2, 0) is 9.59 Å². The van der Waals surface area contributed by atoms with Crippen molar-refractivity contribution in [2.75, 3.05) is 6.54 Å². The average Bonchev–Trinajstić information content (AvgIpc) is 2.56. The van der Waals surface area contributed by atoms with E-state index in [0.29, 0.717) is 12.3 Å². The number of amides is 2. The van der Waals surface area contributed by atoms with E-state index in [9.17, 15) is 9.59 Å². The van der Waals surface area contributed by atoms with Gasteiger partial charge in [-0.15, -0.1) is 0 Å². The predicted octanol–water partition coefficient (Wildman–Crippen LogP) is 3.18. The molecule has 0 aromatic heterocycles. The van der Waals surface area contributed by atoms with Crippen molar-refractivity contribution in [3.8, 4) is 11.5 Å². The second kappa shape index (κ2) is 8.72. The van der Waals surface area contributed by atoms with E-state index in [0.717, 1.165) is 11.3 Å². The van der Waals surface area contributed by atoms with Crippen LogP contribution >= 0.6 is 0 Å². The van der Waals surface area contributed by atoms with Gasteiger partial charge in [0, 0.05) is 25.5 Å². The number of hydrogen-bond donors (Lipinski definition) is 2. The summed E-state index contributed by atoms with van der Waals surface area (Å²) in [5.41, 5.74) is 0.897. The van der Waals surface area contributed by atoms with Crippen molar-refractivity contribution in [1.29, 1.82) is 0 Å². The fourth-order valence-corrected chi connectivity index (χ4v) is 2.29. The minimum absolute atomic E-state index is 0.120. The predicted molar refractivity (Wildman–Crippen MR) is 92.8 cm³/mol. The van der Waals surface area contributed by atoms with Crippen LogP contribution in [0.1, 0.15) is 31.9 Å². The Hall–Kier alpha value is -2.82. The van der Waals surface area contributed by atoms with Gasteiger partial charge in [0.25, 0.3) is 0 Å². The van der Waals surface area contributed by atoms with Crippen LogP contribution in [0, 0.1) is 0 Å². The first-order valence-corrected chi connectivity index (χ1v) is 7.92. The van der Waals surface area contributed by atoms with Crippen molar-refractivity contribution in [3.05, 3.63) is 60.2 Å². The van der Waals surface area contributed by atoms with E-state index in [-0.39, 0.29) is 24.3 Å². The largest absolute Gasteiger partial charge is 0.457 e. The molecule has 0 fully saturated rings. The zero-order chi connectivity index (χ0) is 17.4. The van der Waals surface area contributed by atoms with E-state index in [1.54, 1.807) is 0 Å². The van der Waals surface area contributed by atoms with Gasteiger partial charge in [0.2, 0.25) is 11.8 Å². The van der Waals surface area contributed by atoms with Crippen LogP contribution in [0.2, 0.25) is 0 Å². The molecule has 2 aromatic carbocycles. The molecule has 2 rings (SSSR count). The lowest BCUT2D eigenvalue weighted by molar-refractivity contribution is -0.122. The maximum Gasteiger partial charge on any atom is 0.222 e. The van der Waals surface area contributed by atoms with Gasteiger partial charge in [-0.3, -0.25) is 9.59 Å². The molecule has 0 aliphatic heterocycles. The molecule has 24 heavy (non-hydrogen) atoms. The summed E-state index contributed by atoms with van der Waals surface area (Å²) in [6, 6.07) is 16.9. The summed E-state index contributed by atoms with van der Waals surface area (Å²) in [6.45, 7) is 3.66. The number of hydrogen-bond acceptors (Lipinski definition) is 3. The Labute approximate surface area is 142 Å². The lowest BCUT2D eigenvalue weighted by Gasteiger charge is -2.18. The topological polar surface area (TPSA) is 67.4 Å². The first-order chi connectivity index (χ1) is 11.6. The Balaban J connectivity index is 2.00. The molecule has 5 heteroatoms. The normalized spacial score (nSPS) is 11.4. The molecule has 1 unspecified atom stereocenters. The number of carbonyl (C=O) groups excluding carboxylic acids is 2. The van der Waals surface area contributed by atoms with Gasteiger partial charge in [0.05, 0.1) is 6.04 Å². The van der Waals surface area contributed by atoms with Crippen molar-refractivity contribution in [1.82, 2.24) is 10.6 Å². The van der Waals surface area contributed by atoms with Crippen molar-refractivity contribution in [3.63, 3.8) is 0 Å². The van der Waals surface area contributed by atoms with Crippen molar-refractivity contribution >= 4 is 11.8 Å². The number of para-hydroxylation sites is 2. The van der Waals surface area contributed by atoms with E-state index in [4.69, 9.17) is 4.74 Å². The van der Waals surface area contributed by atoms with Gasteiger partial charge in [0.1, 0.15) is 11.5 Å². The third kappa shape index (κ3) is 5.43. The summed E-state index contributed by atoms with van der Waals surface area (Å²) >= 11 is 0. The molecule has 2 N–H and O–H groups in total. The summed E-state index contributed by atoms with van der Waals surface area (Å²) in [4.78, 5) is 22.8. The molecular weight excluding hydrogens is 304 g/mol. The molecule has 0 aliphatic rings. The summed E-state index contributed by atoms with van der Waals surface area (Å²) in [7, 11) is 0. The third-order valence-corrected chi connectivity index (χ3v) is 3.46. The molecule has 0 saturated carbocycles. The Kier molecular flexibility index (Phi) is 6.37. The molecule has 1 atom stereocenters. The quantitative estimate of drug-likeness (QED) is 0.821. The van der Waals surface area contributed by atoms with Crippen LogP contribution in [0.25, 0.3) is 0 Å². The maximum absolute atomic E-state index is 12.0. The zero-order valence-corrected chi connectivity index (χ0v) is 13.9. The minimum atomic E-state index is -0.199. The van der Waals surface area contributed by atoms with Gasteiger partial charge in [-0.05, 0) is 25.1 Å². The van der Waals surface area contributed by atoms with Gasteiger partial charge < -0.3 is 15.4 Å². The second-order valence-electron chi connectivity index (χ2n) is 5.48. The highest BCUT2D eigenvalue weighted by Crippen LogP contribution is 2.29. The van der Waals surface area contributed by atoms with E-state index < -0.39 is 0 Å². The molecule has 2 amide bonds. The van der Waals surface area contributed by atoms with Crippen molar-refractivity contribution in [2.24, 2.45) is 0 Å². The molecule has 0 radical (unpaired) electrons. The first-order valence-electron chi connectivity index (χ1n) is 7.92. The highest BCUT2D eigenvalue weighted by Gasteiger charge is 2.14. The van der Waals surface area contributed by atoms with E-state index in [1.165, 1.54) is 6.92 Å². The van der Waals surface area contributed by atoms with Gasteiger partial charge in [-0.2, -0.15) is 0 Å². The number of carbonyl (C=O) groups is 2. The standard InChI is InChI=1S/C19H22N2O3/c1-14(21-19(23)12-13-20-15(2)22)17-10-6-7-11-18(17)24-16-8-4-3-5-9-16/h3-11,14H,12-13H2,1-2H3,(H,20,22)(H,21,23). The molecule has 0 spiro atoms. The number of rotatable bonds is 7. The molecule has 0 bridgehead atoms. The fourth-order valence-electron chi connectivity index (χ4n) is 2.29. The van der Waals surface area contributed by atoms with Crippen molar-refractivity contribution < 1.29 is 14.3 Å². The first kappa shape index (κ1) is 17.5. The molecule has 5 nitrogen and oxygen atoms in total. The van der Waals surface area contributed by atoms with Crippen LogP contribution in [0.4, 0.5) is 0 Å². The summed E-state index contributed by atoms with van der Waals surface area (Å²) in [5.74, 6) is 1.19. The molecule has 0 saturated heterocycles. The SMILES string of the molecule is CC(=O)NCCC(=O)NC(C)c1ccccc1Oc1ccccc1. The van der Waals surface area contributed by atoms with Crippen LogP contribution < -0.4 is 15.4 Å². The van der Waals surface area contributed by atoms with Crippen LogP contribution in [0.5, 0.6) is 11.5 Å². The number of nitrogens with one attached hydrogen (secondary N) is 2. The van der Waals surface area contributed by atoms with Crippen molar-refractivity contribution in [2.45, 2.75) is 26.3 Å². The third-order valence-electron chi connectivity index (χ3n) is 3.46. The smallest absolute Gasteiger partial charge is 0.222 e. The molecule has 0 aliphatic carbocycles. The average molecular weight is 326 g/mol. The lowest BCUT2D eigenvalue weighted by atomic mass is 10.1. The Bertz CT molecular complexity index is 686. The molecule has 0 heterocycles. The van der Waals surface area contributed by atoms with Crippen LogP contribution in [0.15, 0.2) is 54.6 Å². The van der Waals surface area contributed by atoms with E-state index >= 15 is 0 Å². The Morgan fingerprint density at radius 1 is 1.04 bits per heavy atom. The van der Waals surface area contributed by atoms with Gasteiger partial charge in [-0.1, -0.05) is 36.4 Å². The number of benzene rings is 2. The van der Waals surface area contributed by atoms with Gasteiger partial charge >= 0.3 is 0 Å². The summed E-state index contributed by atoms with van der Waals surface area (Å²) in [6.07, 6.45) is 0.242. The summed E-state index contributed by atoms with van der Waals surface area (Å²) in [5, 5.41) is 5.53. The Morgan fingerprint density at radius 2 is 1.71 bits per heavy atom. The minimum Gasteiger partial charge on any atom is -0.457 e. The highest BCUT2D eigenvalue weighted by atomic mass is 16.5. The van der Waals surface area contributed by atoms with Crippen LogP contribution in [-0.4, -0.2) is 18.4 Å². The lowest BCUT2D eigenvalue weighted by Crippen LogP contribution is -2.31. The van der Waals surface area contributed by atoms with E-state index in [1.807, 2.05) is 61.5 Å². The molecule has 126 valence electrons.